The molecule has 4 N–H and O–H groups in total. The van der Waals surface area contributed by atoms with E-state index in [4.69, 9.17) is 10.7 Å². The first-order chi connectivity index (χ1) is 15.7. The Balaban J connectivity index is 1.20. The molecule has 1 aromatic heterocycles. The predicted octanol–water partition coefficient (Wildman–Crippen LogP) is 0.0642. The van der Waals surface area contributed by atoms with Gasteiger partial charge in [-0.2, -0.15) is 15.0 Å². The topological polar surface area (TPSA) is 76.8 Å². The fourth-order valence-corrected chi connectivity index (χ4v) is 4.94. The summed E-state index contributed by atoms with van der Waals surface area (Å²) >= 11 is 0. The maximum absolute atomic E-state index is 6.11. The Morgan fingerprint density at radius 3 is 2.44 bits per heavy atom. The van der Waals surface area contributed by atoms with Crippen LogP contribution < -0.4 is 20.4 Å². The van der Waals surface area contributed by atoms with Crippen LogP contribution in [0.4, 0.5) is 17.6 Å². The quantitative estimate of drug-likeness (QED) is 0.515. The van der Waals surface area contributed by atoms with Crippen LogP contribution in [0.1, 0.15) is 23.4 Å². The Morgan fingerprint density at radius 2 is 1.59 bits per heavy atom. The Labute approximate surface area is 189 Å². The number of nitrogen functional groups attached to an aromatic ring is 1. The molecule has 3 heterocycles. The summed E-state index contributed by atoms with van der Waals surface area (Å²) in [6.07, 6.45) is 3.34. The minimum absolute atomic E-state index is 0.319. The Bertz CT molecular complexity index is 1030. The van der Waals surface area contributed by atoms with Gasteiger partial charge in [-0.05, 0) is 30.0 Å². The molecule has 3 aromatic rings. The van der Waals surface area contributed by atoms with Crippen molar-refractivity contribution in [3.05, 3.63) is 71.5 Å². The number of rotatable bonds is 6. The summed E-state index contributed by atoms with van der Waals surface area (Å²) in [5, 5.41) is 0. The van der Waals surface area contributed by atoms with E-state index < -0.39 is 0 Å². The Kier molecular flexibility index (Phi) is 6.27. The van der Waals surface area contributed by atoms with Gasteiger partial charge >= 0.3 is 0 Å². The summed E-state index contributed by atoms with van der Waals surface area (Å²) in [7, 11) is 0. The highest BCUT2D eigenvalue weighted by atomic mass is 15.3. The number of hydrogen-bond donors (Lipinski definition) is 3. The van der Waals surface area contributed by atoms with Gasteiger partial charge in [-0.15, -0.1) is 0 Å². The highest BCUT2D eigenvalue weighted by Gasteiger charge is 2.25. The number of aryl methyl sites for hydroxylation is 1. The van der Waals surface area contributed by atoms with Gasteiger partial charge in [-0.25, -0.2) is 0 Å². The molecule has 32 heavy (non-hydrogen) atoms. The molecular formula is C25H33N7+2. The number of nitrogens with one attached hydrogen (secondary N) is 2. The summed E-state index contributed by atoms with van der Waals surface area (Å²) in [5.74, 6) is 1.81. The number of benzene rings is 2. The first-order valence-corrected chi connectivity index (χ1v) is 11.8. The van der Waals surface area contributed by atoms with Crippen LogP contribution in [0.15, 0.2) is 54.6 Å². The second-order valence-electron chi connectivity index (χ2n) is 8.96. The van der Waals surface area contributed by atoms with Crippen molar-refractivity contribution in [2.45, 2.75) is 25.8 Å². The standard InChI is InChI=1S/C25H31N7/c26-24-27-23(28-25(29-24)32-13-6-10-21-9-4-5-11-22(21)32)19-31-17-15-30(16-18-31)14-12-20-7-2-1-3-8-20/h1-5,7-9,11H,6,10,12-19H2,(H2,26,27,28,29)/p+2. The maximum Gasteiger partial charge on any atom is 0.235 e. The van der Waals surface area contributed by atoms with Gasteiger partial charge < -0.3 is 20.4 Å². The second kappa shape index (κ2) is 9.63. The van der Waals surface area contributed by atoms with Crippen molar-refractivity contribution in [3.63, 3.8) is 0 Å². The van der Waals surface area contributed by atoms with Gasteiger partial charge in [0.2, 0.25) is 11.9 Å². The molecule has 0 amide bonds. The largest absolute Gasteiger partial charge is 0.368 e. The summed E-state index contributed by atoms with van der Waals surface area (Å²) in [5.41, 5.74) is 10.1. The minimum atomic E-state index is 0.319. The van der Waals surface area contributed by atoms with Gasteiger partial charge in [0, 0.05) is 18.7 Å². The zero-order chi connectivity index (χ0) is 21.8. The lowest BCUT2D eigenvalue weighted by molar-refractivity contribution is -1.02. The highest BCUT2D eigenvalue weighted by molar-refractivity contribution is 5.63. The molecule has 7 nitrogen and oxygen atoms in total. The van der Waals surface area contributed by atoms with Crippen molar-refractivity contribution in [2.24, 2.45) is 0 Å². The monoisotopic (exact) mass is 431 g/mol. The molecule has 2 aliphatic heterocycles. The zero-order valence-electron chi connectivity index (χ0n) is 18.6. The number of para-hydroxylation sites is 1. The van der Waals surface area contributed by atoms with E-state index in [1.165, 1.54) is 41.3 Å². The van der Waals surface area contributed by atoms with Crippen molar-refractivity contribution in [1.82, 2.24) is 15.0 Å². The molecule has 0 bridgehead atoms. The van der Waals surface area contributed by atoms with Crippen molar-refractivity contribution in [2.75, 3.05) is 49.9 Å². The molecule has 0 unspecified atom stereocenters. The third-order valence-corrected chi connectivity index (χ3v) is 6.72. The van der Waals surface area contributed by atoms with E-state index in [9.17, 15) is 0 Å². The van der Waals surface area contributed by atoms with Crippen LogP contribution in [0.5, 0.6) is 0 Å². The fourth-order valence-electron chi connectivity index (χ4n) is 4.94. The van der Waals surface area contributed by atoms with E-state index in [0.717, 1.165) is 51.3 Å². The van der Waals surface area contributed by atoms with Crippen LogP contribution >= 0.6 is 0 Å². The molecule has 0 atom stereocenters. The number of hydrogen-bond acceptors (Lipinski definition) is 5. The molecule has 166 valence electrons. The van der Waals surface area contributed by atoms with Crippen LogP contribution in [0, 0.1) is 0 Å². The predicted molar refractivity (Wildman–Crippen MR) is 126 cm³/mol. The lowest BCUT2D eigenvalue weighted by Gasteiger charge is -2.30. The molecule has 2 aromatic carbocycles. The van der Waals surface area contributed by atoms with Crippen LogP contribution in [-0.2, 0) is 19.4 Å². The van der Waals surface area contributed by atoms with Crippen molar-refractivity contribution in [3.8, 4) is 0 Å². The first-order valence-electron chi connectivity index (χ1n) is 11.8. The van der Waals surface area contributed by atoms with E-state index in [1.807, 2.05) is 0 Å². The number of aromatic nitrogens is 3. The van der Waals surface area contributed by atoms with E-state index in [0.29, 0.717) is 11.9 Å². The highest BCUT2D eigenvalue weighted by Crippen LogP contribution is 2.31. The van der Waals surface area contributed by atoms with Gasteiger partial charge in [0.05, 0.1) is 6.54 Å². The average molecular weight is 432 g/mol. The molecule has 0 saturated carbocycles. The molecule has 7 heteroatoms. The minimum Gasteiger partial charge on any atom is -0.368 e. The van der Waals surface area contributed by atoms with Crippen molar-refractivity contribution >= 4 is 17.6 Å². The van der Waals surface area contributed by atoms with Crippen LogP contribution in [-0.4, -0.2) is 54.2 Å². The molecule has 0 aliphatic carbocycles. The van der Waals surface area contributed by atoms with E-state index in [2.05, 4.69) is 69.5 Å². The number of nitrogens with zero attached hydrogens (tertiary/aromatic N) is 4. The van der Waals surface area contributed by atoms with Crippen LogP contribution in [0.2, 0.25) is 0 Å². The number of nitrogens with two attached hydrogens (primary N) is 1. The zero-order valence-corrected chi connectivity index (χ0v) is 18.6. The Morgan fingerprint density at radius 1 is 0.844 bits per heavy atom. The number of quaternary nitrogens is 2. The van der Waals surface area contributed by atoms with Gasteiger partial charge in [-0.1, -0.05) is 48.5 Å². The smallest absolute Gasteiger partial charge is 0.235 e. The Hall–Kier alpha value is -3.03. The maximum atomic E-state index is 6.11. The van der Waals surface area contributed by atoms with Crippen molar-refractivity contribution < 1.29 is 9.80 Å². The van der Waals surface area contributed by atoms with Gasteiger partial charge in [0.15, 0.2) is 5.82 Å². The molecule has 0 spiro atoms. The summed E-state index contributed by atoms with van der Waals surface area (Å²) in [6, 6.07) is 19.3. The molecule has 0 radical (unpaired) electrons. The number of fused-ring (bicyclic) bond motifs is 1. The average Bonchev–Trinajstić information content (AvgIpc) is 2.83. The third kappa shape index (κ3) is 4.89. The lowest BCUT2D eigenvalue weighted by atomic mass is 10.0. The molecule has 2 aliphatic rings. The van der Waals surface area contributed by atoms with Crippen molar-refractivity contribution in [1.29, 1.82) is 0 Å². The number of anilines is 3. The van der Waals surface area contributed by atoms with E-state index in [1.54, 1.807) is 4.90 Å². The molecule has 5 rings (SSSR count). The second-order valence-corrected chi connectivity index (χ2v) is 8.96. The molecular weight excluding hydrogens is 398 g/mol. The van der Waals surface area contributed by atoms with Gasteiger partial charge in [0.1, 0.15) is 32.7 Å². The SMILES string of the molecule is Nc1nc(C[NH+]2CC[NH+](CCc3ccccc3)CC2)nc(N2CCCc3ccccc32)n1. The van der Waals surface area contributed by atoms with Gasteiger partial charge in [0.25, 0.3) is 0 Å². The van der Waals surface area contributed by atoms with Gasteiger partial charge in [-0.3, -0.25) is 0 Å². The van der Waals surface area contributed by atoms with E-state index in [-0.39, 0.29) is 0 Å². The van der Waals surface area contributed by atoms with Crippen LogP contribution in [0.3, 0.4) is 0 Å². The molecule has 1 fully saturated rings. The fraction of sp³-hybridized carbons (Fsp3) is 0.400. The molecule has 1 saturated heterocycles. The van der Waals surface area contributed by atoms with Crippen LogP contribution in [0.25, 0.3) is 0 Å². The summed E-state index contributed by atoms with van der Waals surface area (Å²) in [6.45, 7) is 7.57. The third-order valence-electron chi connectivity index (χ3n) is 6.72. The first kappa shape index (κ1) is 20.8. The summed E-state index contributed by atoms with van der Waals surface area (Å²) < 4.78 is 0. The number of piperazine rings is 1. The summed E-state index contributed by atoms with van der Waals surface area (Å²) in [4.78, 5) is 19.2. The normalized spacial score (nSPS) is 20.7. The van der Waals surface area contributed by atoms with E-state index >= 15 is 0 Å². The lowest BCUT2D eigenvalue weighted by Crippen LogP contribution is -3.27.